The van der Waals surface area contributed by atoms with E-state index in [4.69, 9.17) is 16.3 Å². The van der Waals surface area contributed by atoms with Crippen LogP contribution < -0.4 is 4.74 Å². The summed E-state index contributed by atoms with van der Waals surface area (Å²) in [5.41, 5.74) is 2.45. The van der Waals surface area contributed by atoms with Gasteiger partial charge in [0.25, 0.3) is 0 Å². The Kier molecular flexibility index (Phi) is 5.13. The van der Waals surface area contributed by atoms with E-state index < -0.39 is 6.10 Å². The van der Waals surface area contributed by atoms with E-state index in [1.54, 1.807) is 19.2 Å². The fourth-order valence-electron chi connectivity index (χ4n) is 1.97. The highest BCUT2D eigenvalue weighted by atomic mass is 79.9. The minimum absolute atomic E-state index is 0.568. The summed E-state index contributed by atoms with van der Waals surface area (Å²) in [4.78, 5) is 0. The Labute approximate surface area is 140 Å². The first-order valence-corrected chi connectivity index (χ1v) is 7.87. The fraction of sp³-hybridized carbons (Fsp3) is 0.200. The highest BCUT2D eigenvalue weighted by molar-refractivity contribution is 9.10. The zero-order valence-electron chi connectivity index (χ0n) is 11.0. The number of aliphatic hydroxyl groups is 1. The van der Waals surface area contributed by atoms with E-state index in [1.807, 2.05) is 25.1 Å². The van der Waals surface area contributed by atoms with Gasteiger partial charge in [-0.05, 0) is 48.4 Å². The van der Waals surface area contributed by atoms with Gasteiger partial charge in [0, 0.05) is 19.5 Å². The lowest BCUT2D eigenvalue weighted by Gasteiger charge is -2.17. The molecule has 0 bridgehead atoms. The monoisotopic (exact) mass is 418 g/mol. The quantitative estimate of drug-likeness (QED) is 0.734. The number of hydrogen-bond acceptors (Lipinski definition) is 2. The van der Waals surface area contributed by atoms with Gasteiger partial charge in [0.2, 0.25) is 0 Å². The van der Waals surface area contributed by atoms with Gasteiger partial charge in [-0.15, -0.1) is 0 Å². The summed E-state index contributed by atoms with van der Waals surface area (Å²) in [7, 11) is 1.59. The van der Waals surface area contributed by atoms with Crippen molar-refractivity contribution >= 4 is 43.5 Å². The molecule has 1 unspecified atom stereocenters. The second-order valence-electron chi connectivity index (χ2n) is 4.45. The smallest absolute Gasteiger partial charge is 0.125 e. The molecule has 0 saturated carbocycles. The predicted molar refractivity (Wildman–Crippen MR) is 88.6 cm³/mol. The molecule has 5 heteroatoms. The van der Waals surface area contributed by atoms with Crippen LogP contribution in [0.25, 0.3) is 0 Å². The number of ether oxygens (including phenoxy) is 1. The Bertz CT molecular complexity index is 624. The minimum atomic E-state index is -0.808. The molecular formula is C15H13Br2ClO2. The van der Waals surface area contributed by atoms with Crippen LogP contribution in [-0.4, -0.2) is 12.2 Å². The number of halogens is 3. The summed E-state index contributed by atoms with van der Waals surface area (Å²) < 4.78 is 7.11. The van der Waals surface area contributed by atoms with Crippen molar-refractivity contribution in [3.63, 3.8) is 0 Å². The Morgan fingerprint density at radius 3 is 2.45 bits per heavy atom. The topological polar surface area (TPSA) is 29.5 Å². The average Bonchev–Trinajstić information content (AvgIpc) is 2.39. The summed E-state index contributed by atoms with van der Waals surface area (Å²) in [6.45, 7) is 1.97. The van der Waals surface area contributed by atoms with E-state index in [0.29, 0.717) is 21.9 Å². The SMILES string of the molecule is COc1cc(C)c(Br)cc1C(O)c1cc(Cl)cc(Br)c1. The number of hydrogen-bond donors (Lipinski definition) is 1. The van der Waals surface area contributed by atoms with Crippen LogP contribution in [0.1, 0.15) is 22.8 Å². The second-order valence-corrected chi connectivity index (χ2v) is 6.66. The van der Waals surface area contributed by atoms with Crippen LogP contribution in [-0.2, 0) is 0 Å². The third-order valence-corrected chi connectivity index (χ3v) is 4.54. The van der Waals surface area contributed by atoms with E-state index in [0.717, 1.165) is 14.5 Å². The van der Waals surface area contributed by atoms with E-state index in [2.05, 4.69) is 31.9 Å². The van der Waals surface area contributed by atoms with Gasteiger partial charge >= 0.3 is 0 Å². The van der Waals surface area contributed by atoms with Crippen LogP contribution in [0.2, 0.25) is 5.02 Å². The van der Waals surface area contributed by atoms with Crippen molar-refractivity contribution in [2.24, 2.45) is 0 Å². The highest BCUT2D eigenvalue weighted by Crippen LogP contribution is 2.35. The molecule has 1 N–H and O–H groups in total. The van der Waals surface area contributed by atoms with E-state index >= 15 is 0 Å². The third kappa shape index (κ3) is 3.37. The maximum absolute atomic E-state index is 10.6. The maximum atomic E-state index is 10.6. The van der Waals surface area contributed by atoms with Crippen molar-refractivity contribution in [2.45, 2.75) is 13.0 Å². The minimum Gasteiger partial charge on any atom is -0.496 e. The van der Waals surface area contributed by atoms with Crippen molar-refractivity contribution in [2.75, 3.05) is 7.11 Å². The Hall–Kier alpha value is -0.550. The van der Waals surface area contributed by atoms with Crippen LogP contribution in [0, 0.1) is 6.92 Å². The molecule has 0 heterocycles. The van der Waals surface area contributed by atoms with Crippen LogP contribution in [0.5, 0.6) is 5.75 Å². The van der Waals surface area contributed by atoms with Gasteiger partial charge in [0.05, 0.1) is 7.11 Å². The molecule has 0 radical (unpaired) electrons. The summed E-state index contributed by atoms with van der Waals surface area (Å²) in [5.74, 6) is 0.647. The van der Waals surface area contributed by atoms with Crippen molar-refractivity contribution in [3.05, 3.63) is 61.0 Å². The molecule has 1 atom stereocenters. The Morgan fingerprint density at radius 2 is 1.85 bits per heavy atom. The van der Waals surface area contributed by atoms with Crippen LogP contribution >= 0.6 is 43.5 Å². The van der Waals surface area contributed by atoms with Crippen LogP contribution in [0.3, 0.4) is 0 Å². The van der Waals surface area contributed by atoms with Gasteiger partial charge in [0.15, 0.2) is 0 Å². The molecule has 2 rings (SSSR count). The number of aryl methyl sites for hydroxylation is 1. The molecule has 0 fully saturated rings. The number of benzene rings is 2. The standard InChI is InChI=1S/C15H13Br2ClO2/c1-8-3-14(20-2)12(7-13(8)17)15(19)9-4-10(16)6-11(18)5-9/h3-7,15,19H,1-2H3. The molecule has 2 aromatic rings. The van der Waals surface area contributed by atoms with Gasteiger partial charge in [-0.25, -0.2) is 0 Å². The van der Waals surface area contributed by atoms with Gasteiger partial charge in [-0.3, -0.25) is 0 Å². The van der Waals surface area contributed by atoms with Gasteiger partial charge in [0.1, 0.15) is 11.9 Å². The Balaban J connectivity index is 2.52. The molecule has 2 nitrogen and oxygen atoms in total. The molecule has 0 aliphatic heterocycles. The van der Waals surface area contributed by atoms with Crippen LogP contribution in [0.15, 0.2) is 39.3 Å². The molecule has 2 aromatic carbocycles. The molecule has 0 aliphatic rings. The molecule has 20 heavy (non-hydrogen) atoms. The van der Waals surface area contributed by atoms with Crippen molar-refractivity contribution in [3.8, 4) is 5.75 Å². The number of aliphatic hydroxyl groups excluding tert-OH is 1. The van der Waals surface area contributed by atoms with Crippen molar-refractivity contribution in [1.29, 1.82) is 0 Å². The van der Waals surface area contributed by atoms with Crippen molar-refractivity contribution in [1.82, 2.24) is 0 Å². The summed E-state index contributed by atoms with van der Waals surface area (Å²) in [6, 6.07) is 9.11. The van der Waals surface area contributed by atoms with E-state index in [-0.39, 0.29) is 0 Å². The van der Waals surface area contributed by atoms with Gasteiger partial charge in [-0.2, -0.15) is 0 Å². The lowest BCUT2D eigenvalue weighted by Crippen LogP contribution is -2.03. The average molecular weight is 421 g/mol. The first-order valence-electron chi connectivity index (χ1n) is 5.90. The molecule has 106 valence electrons. The van der Waals surface area contributed by atoms with Gasteiger partial charge in [-0.1, -0.05) is 43.5 Å². The maximum Gasteiger partial charge on any atom is 0.125 e. The second kappa shape index (κ2) is 6.48. The summed E-state index contributed by atoms with van der Waals surface area (Å²) in [6.07, 6.45) is -0.808. The predicted octanol–water partition coefficient (Wildman–Crippen LogP) is 5.26. The third-order valence-electron chi connectivity index (χ3n) is 3.01. The van der Waals surface area contributed by atoms with E-state index in [9.17, 15) is 5.11 Å². The molecule has 0 aliphatic carbocycles. The zero-order chi connectivity index (χ0) is 14.9. The molecule has 0 spiro atoms. The summed E-state index contributed by atoms with van der Waals surface area (Å²) in [5, 5.41) is 11.2. The zero-order valence-corrected chi connectivity index (χ0v) is 14.9. The van der Waals surface area contributed by atoms with Crippen molar-refractivity contribution < 1.29 is 9.84 Å². The first-order chi connectivity index (χ1) is 9.42. The van der Waals surface area contributed by atoms with Gasteiger partial charge < -0.3 is 9.84 Å². The fourth-order valence-corrected chi connectivity index (χ4v) is 3.22. The number of rotatable bonds is 3. The first kappa shape index (κ1) is 15.8. The molecule has 0 aromatic heterocycles. The number of methoxy groups -OCH3 is 1. The lowest BCUT2D eigenvalue weighted by molar-refractivity contribution is 0.214. The lowest BCUT2D eigenvalue weighted by atomic mass is 9.99. The highest BCUT2D eigenvalue weighted by Gasteiger charge is 2.18. The molecule has 0 amide bonds. The largest absolute Gasteiger partial charge is 0.496 e. The van der Waals surface area contributed by atoms with E-state index in [1.165, 1.54) is 0 Å². The summed E-state index contributed by atoms with van der Waals surface area (Å²) >= 11 is 12.9. The molecular weight excluding hydrogens is 407 g/mol. The Morgan fingerprint density at radius 1 is 1.15 bits per heavy atom. The van der Waals surface area contributed by atoms with Crippen LogP contribution in [0.4, 0.5) is 0 Å². The normalized spacial score (nSPS) is 12.3. The molecule has 0 saturated heterocycles.